The van der Waals surface area contributed by atoms with Crippen molar-refractivity contribution in [3.8, 4) is 0 Å². The molecule has 2 aromatic carbocycles. The number of hydrogen-bond donors (Lipinski definition) is 0. The molecule has 2 aromatic rings. The van der Waals surface area contributed by atoms with Gasteiger partial charge in [0.25, 0.3) is 5.69 Å². The van der Waals surface area contributed by atoms with Gasteiger partial charge in [0.15, 0.2) is 6.04 Å². The topological polar surface area (TPSA) is 85.0 Å². The summed E-state index contributed by atoms with van der Waals surface area (Å²) in [5, 5.41) is 10.9. The monoisotopic (exact) mass is 339 g/mol. The Hall–Kier alpha value is -3.22. The second-order valence-corrected chi connectivity index (χ2v) is 5.94. The summed E-state index contributed by atoms with van der Waals surface area (Å²) < 4.78 is 5.21. The summed E-state index contributed by atoms with van der Waals surface area (Å²) in [6.07, 6.45) is 0.422. The van der Waals surface area contributed by atoms with Gasteiger partial charge in [0.2, 0.25) is 5.90 Å². The van der Waals surface area contributed by atoms with Crippen molar-refractivity contribution in [2.24, 2.45) is 4.99 Å². The number of cyclic esters (lactones) is 1. The Labute approximate surface area is 144 Å². The van der Waals surface area contributed by atoms with Gasteiger partial charge in [-0.1, -0.05) is 18.2 Å². The predicted octanol–water partition coefficient (Wildman–Crippen LogP) is 2.58. The van der Waals surface area contributed by atoms with Crippen LogP contribution in [-0.2, 0) is 16.0 Å². The maximum Gasteiger partial charge on any atom is 0.338 e. The molecule has 0 saturated heterocycles. The summed E-state index contributed by atoms with van der Waals surface area (Å²) in [5.41, 5.74) is 2.39. The predicted molar refractivity (Wildman–Crippen MR) is 94.0 cm³/mol. The molecule has 1 aliphatic rings. The van der Waals surface area contributed by atoms with Gasteiger partial charge in [-0.2, -0.15) is 0 Å². The van der Waals surface area contributed by atoms with E-state index in [0.29, 0.717) is 12.0 Å². The molecule has 128 valence electrons. The molecule has 0 fully saturated rings. The van der Waals surface area contributed by atoms with Crippen molar-refractivity contribution in [2.75, 3.05) is 19.0 Å². The van der Waals surface area contributed by atoms with Gasteiger partial charge in [-0.3, -0.25) is 10.1 Å². The first-order chi connectivity index (χ1) is 11.9. The van der Waals surface area contributed by atoms with Crippen LogP contribution < -0.4 is 4.90 Å². The smallest absolute Gasteiger partial charge is 0.338 e. The van der Waals surface area contributed by atoms with Gasteiger partial charge < -0.3 is 9.64 Å². The lowest BCUT2D eigenvalue weighted by Crippen LogP contribution is -2.18. The van der Waals surface area contributed by atoms with Crippen LogP contribution in [0.25, 0.3) is 0 Å². The molecule has 0 spiro atoms. The van der Waals surface area contributed by atoms with Gasteiger partial charge in [-0.05, 0) is 23.8 Å². The van der Waals surface area contributed by atoms with Crippen LogP contribution in [0.1, 0.15) is 11.1 Å². The maximum atomic E-state index is 12.1. The summed E-state index contributed by atoms with van der Waals surface area (Å²) in [7, 11) is 3.91. The molecule has 7 nitrogen and oxygen atoms in total. The molecule has 1 heterocycles. The average molecular weight is 339 g/mol. The van der Waals surface area contributed by atoms with Crippen molar-refractivity contribution in [1.82, 2.24) is 0 Å². The van der Waals surface area contributed by atoms with Crippen LogP contribution in [0.5, 0.6) is 0 Å². The molecular weight excluding hydrogens is 322 g/mol. The van der Waals surface area contributed by atoms with Crippen LogP contribution >= 0.6 is 0 Å². The summed E-state index contributed by atoms with van der Waals surface area (Å²) >= 11 is 0. The normalized spacial score (nSPS) is 16.3. The van der Waals surface area contributed by atoms with E-state index >= 15 is 0 Å². The van der Waals surface area contributed by atoms with E-state index in [4.69, 9.17) is 4.74 Å². The van der Waals surface area contributed by atoms with Crippen LogP contribution in [0, 0.1) is 10.1 Å². The fraction of sp³-hybridized carbons (Fsp3) is 0.222. The fourth-order valence-corrected chi connectivity index (χ4v) is 2.55. The number of carbonyl (C=O) groups is 1. The van der Waals surface area contributed by atoms with E-state index < -0.39 is 16.9 Å². The van der Waals surface area contributed by atoms with Crippen LogP contribution in [0.3, 0.4) is 0 Å². The largest absolute Gasteiger partial charge is 0.406 e. The van der Waals surface area contributed by atoms with E-state index in [1.165, 1.54) is 18.2 Å². The molecule has 0 aliphatic carbocycles. The highest BCUT2D eigenvalue weighted by Gasteiger charge is 2.30. The number of hydrogen-bond acceptors (Lipinski definition) is 6. The molecule has 25 heavy (non-hydrogen) atoms. The zero-order chi connectivity index (χ0) is 18.0. The van der Waals surface area contributed by atoms with E-state index in [0.717, 1.165) is 11.3 Å². The lowest BCUT2D eigenvalue weighted by Gasteiger charge is -2.12. The first-order valence-corrected chi connectivity index (χ1v) is 7.74. The second kappa shape index (κ2) is 6.72. The molecule has 0 aromatic heterocycles. The number of carbonyl (C=O) groups excluding carboxylic acids is 1. The number of benzene rings is 2. The lowest BCUT2D eigenvalue weighted by molar-refractivity contribution is -0.384. The van der Waals surface area contributed by atoms with Gasteiger partial charge in [0.1, 0.15) is 0 Å². The third kappa shape index (κ3) is 3.65. The first kappa shape index (κ1) is 16.6. The molecule has 0 bridgehead atoms. The van der Waals surface area contributed by atoms with Gasteiger partial charge in [-0.25, -0.2) is 9.79 Å². The molecule has 0 amide bonds. The first-order valence-electron chi connectivity index (χ1n) is 7.74. The highest BCUT2D eigenvalue weighted by molar-refractivity contribution is 6.06. The van der Waals surface area contributed by atoms with Crippen molar-refractivity contribution < 1.29 is 14.5 Å². The van der Waals surface area contributed by atoms with Gasteiger partial charge in [-0.15, -0.1) is 0 Å². The fourth-order valence-electron chi connectivity index (χ4n) is 2.55. The number of rotatable bonds is 5. The number of nitrogens with zero attached hydrogens (tertiary/aromatic N) is 3. The van der Waals surface area contributed by atoms with Crippen molar-refractivity contribution in [3.05, 3.63) is 69.8 Å². The number of esters is 1. The Morgan fingerprint density at radius 3 is 2.56 bits per heavy atom. The van der Waals surface area contributed by atoms with Crippen LogP contribution in [-0.4, -0.2) is 36.9 Å². The summed E-state index contributed by atoms with van der Waals surface area (Å²) in [6.45, 7) is 0. The minimum absolute atomic E-state index is 0.0704. The Morgan fingerprint density at radius 1 is 1.20 bits per heavy atom. The molecule has 0 saturated carbocycles. The Bertz CT molecular complexity index is 844. The van der Waals surface area contributed by atoms with E-state index in [1.807, 2.05) is 43.3 Å². The molecular formula is C18H17N3O4. The standard InChI is InChI=1S/C18H17N3O4/c1-20(2)14-8-6-12(7-9-14)10-16-18(22)25-17(19-16)13-4-3-5-15(11-13)21(23)24/h3-9,11,16H,10H2,1-2H3. The van der Waals surface area contributed by atoms with E-state index in [9.17, 15) is 14.9 Å². The summed E-state index contributed by atoms with van der Waals surface area (Å²) in [6, 6.07) is 13.1. The summed E-state index contributed by atoms with van der Waals surface area (Å²) in [4.78, 5) is 28.7. The zero-order valence-electron chi connectivity index (χ0n) is 13.9. The summed E-state index contributed by atoms with van der Waals surface area (Å²) in [5.74, 6) is -0.318. The van der Waals surface area contributed by atoms with Gasteiger partial charge in [0, 0.05) is 43.9 Å². The van der Waals surface area contributed by atoms with Gasteiger partial charge in [0.05, 0.1) is 4.92 Å². The molecule has 1 atom stereocenters. The van der Waals surface area contributed by atoms with E-state index in [1.54, 1.807) is 6.07 Å². The molecule has 1 unspecified atom stereocenters. The maximum absolute atomic E-state index is 12.1. The Kier molecular flexibility index (Phi) is 4.47. The minimum atomic E-state index is -0.639. The Morgan fingerprint density at radius 2 is 1.92 bits per heavy atom. The number of non-ortho nitro benzene ring substituents is 1. The zero-order valence-corrected chi connectivity index (χ0v) is 13.9. The van der Waals surface area contributed by atoms with Crippen LogP contribution in [0.4, 0.5) is 11.4 Å². The van der Waals surface area contributed by atoms with Crippen LogP contribution in [0.15, 0.2) is 53.5 Å². The van der Waals surface area contributed by atoms with Crippen molar-refractivity contribution in [3.63, 3.8) is 0 Å². The third-order valence-corrected chi connectivity index (χ3v) is 3.93. The highest BCUT2D eigenvalue weighted by atomic mass is 16.6. The number of nitro benzene ring substituents is 1. The third-order valence-electron chi connectivity index (χ3n) is 3.93. The highest BCUT2D eigenvalue weighted by Crippen LogP contribution is 2.21. The quantitative estimate of drug-likeness (QED) is 0.475. The molecule has 3 rings (SSSR count). The minimum Gasteiger partial charge on any atom is -0.406 e. The molecule has 0 N–H and O–H groups in total. The molecule has 1 aliphatic heterocycles. The van der Waals surface area contributed by atoms with E-state index in [-0.39, 0.29) is 11.6 Å². The number of nitro groups is 1. The Balaban J connectivity index is 1.78. The molecule has 7 heteroatoms. The number of ether oxygens (including phenoxy) is 1. The SMILES string of the molecule is CN(C)c1ccc(CC2N=C(c3cccc([N+](=O)[O-])c3)OC2=O)cc1. The number of anilines is 1. The van der Waals surface area contributed by atoms with Crippen molar-refractivity contribution in [1.29, 1.82) is 0 Å². The number of aliphatic imine (C=N–C) groups is 1. The molecule has 0 radical (unpaired) electrons. The lowest BCUT2D eigenvalue weighted by atomic mass is 10.1. The van der Waals surface area contributed by atoms with Gasteiger partial charge >= 0.3 is 5.97 Å². The van der Waals surface area contributed by atoms with Crippen molar-refractivity contribution in [2.45, 2.75) is 12.5 Å². The average Bonchev–Trinajstić information content (AvgIpc) is 2.96. The van der Waals surface area contributed by atoms with Crippen molar-refractivity contribution >= 4 is 23.2 Å². The second-order valence-electron chi connectivity index (χ2n) is 5.94. The van der Waals surface area contributed by atoms with E-state index in [2.05, 4.69) is 4.99 Å². The van der Waals surface area contributed by atoms with Crippen LogP contribution in [0.2, 0.25) is 0 Å².